The molecule has 0 amide bonds. The minimum atomic E-state index is -0.666. The third-order valence-electron chi connectivity index (χ3n) is 4.27. The zero-order chi connectivity index (χ0) is 18.2. The fourth-order valence-corrected chi connectivity index (χ4v) is 2.84. The van der Waals surface area contributed by atoms with Crippen LogP contribution < -0.4 is 4.90 Å². The molecule has 0 aromatic heterocycles. The predicted molar refractivity (Wildman–Crippen MR) is 107 cm³/mol. The van der Waals surface area contributed by atoms with Crippen LogP contribution in [-0.4, -0.2) is 18.0 Å². The summed E-state index contributed by atoms with van der Waals surface area (Å²) in [4.78, 5) is 2.24. The second-order valence-electron chi connectivity index (χ2n) is 6.16. The fraction of sp³-hybridized carbons (Fsp3) is 0.217. The van der Waals surface area contributed by atoms with E-state index in [1.54, 1.807) is 0 Å². The lowest BCUT2D eigenvalue weighted by Crippen LogP contribution is -2.12. The molecule has 3 aromatic rings. The van der Waals surface area contributed by atoms with Crippen LogP contribution in [0.2, 0.25) is 0 Å². The van der Waals surface area contributed by atoms with E-state index in [4.69, 9.17) is 4.74 Å². The van der Waals surface area contributed by atoms with E-state index < -0.39 is 6.29 Å². The van der Waals surface area contributed by atoms with Gasteiger partial charge in [0.1, 0.15) is 0 Å². The minimum absolute atomic E-state index is 0.523. The Kier molecular flexibility index (Phi) is 6.42. The fourth-order valence-electron chi connectivity index (χ4n) is 2.84. The van der Waals surface area contributed by atoms with Crippen LogP contribution in [0, 0.1) is 0 Å². The first-order chi connectivity index (χ1) is 12.8. The van der Waals surface area contributed by atoms with Crippen LogP contribution >= 0.6 is 0 Å². The van der Waals surface area contributed by atoms with Crippen LogP contribution in [0.5, 0.6) is 0 Å². The van der Waals surface area contributed by atoms with E-state index in [2.05, 4.69) is 77.7 Å². The van der Waals surface area contributed by atoms with Gasteiger partial charge in [0.2, 0.25) is 0 Å². The molecule has 3 rings (SSSR count). The summed E-state index contributed by atoms with van der Waals surface area (Å²) in [6.45, 7) is 2.43. The van der Waals surface area contributed by atoms with Gasteiger partial charge in [0.05, 0.1) is 6.61 Å². The SMILES string of the molecule is CCC(O)OCCc1ccc(N(c2ccccc2)c2ccccc2)cc1. The highest BCUT2D eigenvalue weighted by Gasteiger charge is 2.11. The Morgan fingerprint density at radius 1 is 0.769 bits per heavy atom. The van der Waals surface area contributed by atoms with Crippen LogP contribution in [0.3, 0.4) is 0 Å². The predicted octanol–water partition coefficient (Wildman–Crippen LogP) is 5.44. The van der Waals surface area contributed by atoms with Crippen molar-refractivity contribution in [2.24, 2.45) is 0 Å². The van der Waals surface area contributed by atoms with E-state index in [0.29, 0.717) is 13.0 Å². The van der Waals surface area contributed by atoms with Crippen molar-refractivity contribution < 1.29 is 9.84 Å². The first-order valence-corrected chi connectivity index (χ1v) is 9.07. The number of hydrogen-bond acceptors (Lipinski definition) is 3. The Morgan fingerprint density at radius 2 is 1.27 bits per heavy atom. The van der Waals surface area contributed by atoms with E-state index in [1.807, 2.05) is 19.1 Å². The molecule has 1 unspecified atom stereocenters. The monoisotopic (exact) mass is 347 g/mol. The summed E-state index contributed by atoms with van der Waals surface area (Å²) < 4.78 is 5.36. The molecular weight excluding hydrogens is 322 g/mol. The van der Waals surface area contributed by atoms with Gasteiger partial charge in [-0.25, -0.2) is 0 Å². The van der Waals surface area contributed by atoms with E-state index in [9.17, 15) is 5.11 Å². The second-order valence-corrected chi connectivity index (χ2v) is 6.16. The number of aliphatic hydroxyl groups excluding tert-OH is 1. The Morgan fingerprint density at radius 3 is 1.77 bits per heavy atom. The van der Waals surface area contributed by atoms with Crippen LogP contribution in [-0.2, 0) is 11.2 Å². The van der Waals surface area contributed by atoms with Gasteiger partial charge in [-0.3, -0.25) is 0 Å². The average Bonchev–Trinajstić information content (AvgIpc) is 2.71. The number of benzene rings is 3. The van der Waals surface area contributed by atoms with Crippen molar-refractivity contribution in [1.82, 2.24) is 0 Å². The summed E-state index contributed by atoms with van der Waals surface area (Å²) >= 11 is 0. The maximum Gasteiger partial charge on any atom is 0.154 e. The molecule has 0 bridgehead atoms. The summed E-state index contributed by atoms with van der Waals surface area (Å²) in [6, 6.07) is 29.2. The Hall–Kier alpha value is -2.62. The Bertz CT molecular complexity index is 733. The molecule has 0 saturated heterocycles. The molecule has 1 N–H and O–H groups in total. The van der Waals surface area contributed by atoms with Crippen molar-refractivity contribution in [3.63, 3.8) is 0 Å². The summed E-state index contributed by atoms with van der Waals surface area (Å²) in [6.07, 6.45) is 0.733. The molecule has 3 aromatic carbocycles. The summed E-state index contributed by atoms with van der Waals surface area (Å²) in [5, 5.41) is 9.48. The van der Waals surface area contributed by atoms with E-state index in [1.165, 1.54) is 5.56 Å². The third-order valence-corrected chi connectivity index (χ3v) is 4.27. The van der Waals surface area contributed by atoms with Crippen LogP contribution in [0.15, 0.2) is 84.9 Å². The van der Waals surface area contributed by atoms with Crippen molar-refractivity contribution >= 4 is 17.1 Å². The van der Waals surface area contributed by atoms with Crippen LogP contribution in [0.1, 0.15) is 18.9 Å². The molecule has 26 heavy (non-hydrogen) atoms. The quantitative estimate of drug-likeness (QED) is 0.550. The molecule has 1 atom stereocenters. The van der Waals surface area contributed by atoms with Gasteiger partial charge in [-0.05, 0) is 54.8 Å². The molecule has 0 heterocycles. The molecule has 0 fully saturated rings. The summed E-state index contributed by atoms with van der Waals surface area (Å²) in [5.74, 6) is 0. The Balaban J connectivity index is 1.79. The molecule has 0 spiro atoms. The molecule has 0 radical (unpaired) electrons. The number of rotatable bonds is 8. The zero-order valence-electron chi connectivity index (χ0n) is 15.1. The molecule has 134 valence electrons. The third kappa shape index (κ3) is 4.72. The number of ether oxygens (including phenoxy) is 1. The standard InChI is InChI=1S/C23H25NO2/c1-2-23(25)26-18-17-19-13-15-22(16-14-19)24(20-9-5-3-6-10-20)21-11-7-4-8-12-21/h3-16,23,25H,2,17-18H2,1H3. The molecule has 0 aliphatic heterocycles. The van der Waals surface area contributed by atoms with Gasteiger partial charge in [0, 0.05) is 17.1 Å². The number of para-hydroxylation sites is 2. The molecule has 0 saturated carbocycles. The highest BCUT2D eigenvalue weighted by atomic mass is 16.6. The number of nitrogens with zero attached hydrogens (tertiary/aromatic N) is 1. The smallest absolute Gasteiger partial charge is 0.154 e. The van der Waals surface area contributed by atoms with Gasteiger partial charge in [0.15, 0.2) is 6.29 Å². The second kappa shape index (κ2) is 9.18. The van der Waals surface area contributed by atoms with Gasteiger partial charge >= 0.3 is 0 Å². The lowest BCUT2D eigenvalue weighted by Gasteiger charge is -2.25. The lowest BCUT2D eigenvalue weighted by atomic mass is 10.1. The minimum Gasteiger partial charge on any atom is -0.368 e. The maximum absolute atomic E-state index is 9.48. The molecule has 3 heteroatoms. The van der Waals surface area contributed by atoms with Crippen LogP contribution in [0.4, 0.5) is 17.1 Å². The topological polar surface area (TPSA) is 32.7 Å². The van der Waals surface area contributed by atoms with Gasteiger partial charge in [-0.1, -0.05) is 55.5 Å². The van der Waals surface area contributed by atoms with Gasteiger partial charge < -0.3 is 14.7 Å². The van der Waals surface area contributed by atoms with Gasteiger partial charge in [-0.15, -0.1) is 0 Å². The zero-order valence-corrected chi connectivity index (χ0v) is 15.1. The van der Waals surface area contributed by atoms with Gasteiger partial charge in [0.25, 0.3) is 0 Å². The van der Waals surface area contributed by atoms with E-state index in [0.717, 1.165) is 23.5 Å². The normalized spacial score (nSPS) is 11.9. The summed E-state index contributed by atoms with van der Waals surface area (Å²) in [5.41, 5.74) is 4.56. The largest absolute Gasteiger partial charge is 0.368 e. The highest BCUT2D eigenvalue weighted by Crippen LogP contribution is 2.34. The first-order valence-electron chi connectivity index (χ1n) is 9.07. The lowest BCUT2D eigenvalue weighted by molar-refractivity contribution is -0.0989. The number of hydrogen-bond donors (Lipinski definition) is 1. The molecule has 3 nitrogen and oxygen atoms in total. The van der Waals surface area contributed by atoms with E-state index in [-0.39, 0.29) is 0 Å². The maximum atomic E-state index is 9.48. The average molecular weight is 347 g/mol. The Labute approximate surface area is 155 Å². The van der Waals surface area contributed by atoms with Crippen molar-refractivity contribution in [3.8, 4) is 0 Å². The number of aliphatic hydroxyl groups is 1. The van der Waals surface area contributed by atoms with Crippen molar-refractivity contribution in [2.75, 3.05) is 11.5 Å². The van der Waals surface area contributed by atoms with E-state index >= 15 is 0 Å². The highest BCUT2D eigenvalue weighted by molar-refractivity contribution is 5.76. The van der Waals surface area contributed by atoms with Crippen LogP contribution in [0.25, 0.3) is 0 Å². The molecular formula is C23H25NO2. The first kappa shape index (κ1) is 18.2. The van der Waals surface area contributed by atoms with Crippen molar-refractivity contribution in [2.45, 2.75) is 26.1 Å². The number of anilines is 3. The van der Waals surface area contributed by atoms with Crippen molar-refractivity contribution in [3.05, 3.63) is 90.5 Å². The molecule has 0 aliphatic carbocycles. The van der Waals surface area contributed by atoms with Crippen molar-refractivity contribution in [1.29, 1.82) is 0 Å². The van der Waals surface area contributed by atoms with Gasteiger partial charge in [-0.2, -0.15) is 0 Å². The summed E-state index contributed by atoms with van der Waals surface area (Å²) in [7, 11) is 0. The molecule has 0 aliphatic rings.